The summed E-state index contributed by atoms with van der Waals surface area (Å²) in [5.41, 5.74) is 5.57. The van der Waals surface area contributed by atoms with Gasteiger partial charge in [-0.25, -0.2) is 9.78 Å². The molecule has 0 amide bonds. The molecule has 0 unspecified atom stereocenters. The lowest BCUT2D eigenvalue weighted by Crippen LogP contribution is -2.09. The highest BCUT2D eigenvalue weighted by Crippen LogP contribution is 2.32. The van der Waals surface area contributed by atoms with Crippen molar-refractivity contribution in [1.82, 2.24) is 4.98 Å². The third-order valence-electron chi connectivity index (χ3n) is 4.88. The summed E-state index contributed by atoms with van der Waals surface area (Å²) in [6.07, 6.45) is 1.62. The molecule has 0 radical (unpaired) electrons. The van der Waals surface area contributed by atoms with Gasteiger partial charge in [-0.2, -0.15) is 5.10 Å². The minimum Gasteiger partial charge on any atom is -0.497 e. The number of nitrogens with one attached hydrogen (secondary N) is 1. The van der Waals surface area contributed by atoms with E-state index in [1.807, 2.05) is 18.4 Å². The zero-order valence-electron chi connectivity index (χ0n) is 19.3. The monoisotopic (exact) mass is 541 g/mol. The standard InChI is InChI=1S/C26H21Cl2N3O4S/c1-3-34-24-12-16(4-11-23(24)35-25(32)17-5-8-19(33-2)9-6-17)14-29-31-26-30-22(15-36-26)20-10-7-18(27)13-21(20)28/h4-15H,3H2,1-2H3,(H,30,31). The first kappa shape index (κ1) is 25.5. The van der Waals surface area contributed by atoms with E-state index in [1.54, 1.807) is 67.9 Å². The number of thiazole rings is 1. The number of hydrogen-bond acceptors (Lipinski definition) is 8. The average Bonchev–Trinajstić information content (AvgIpc) is 3.34. The van der Waals surface area contributed by atoms with Crippen LogP contribution in [0.4, 0.5) is 5.13 Å². The molecule has 0 saturated heterocycles. The molecule has 36 heavy (non-hydrogen) atoms. The molecule has 0 aliphatic heterocycles. The van der Waals surface area contributed by atoms with Crippen molar-refractivity contribution >= 4 is 51.9 Å². The average molecular weight is 542 g/mol. The number of esters is 1. The van der Waals surface area contributed by atoms with Gasteiger partial charge in [-0.3, -0.25) is 5.43 Å². The predicted molar refractivity (Wildman–Crippen MR) is 144 cm³/mol. The van der Waals surface area contributed by atoms with Gasteiger partial charge in [-0.1, -0.05) is 23.2 Å². The van der Waals surface area contributed by atoms with Crippen molar-refractivity contribution in [1.29, 1.82) is 0 Å². The number of carbonyl (C=O) groups excluding carboxylic acids is 1. The Morgan fingerprint density at radius 2 is 1.89 bits per heavy atom. The Hall–Kier alpha value is -3.59. The summed E-state index contributed by atoms with van der Waals surface area (Å²) in [5.74, 6) is 0.896. The van der Waals surface area contributed by atoms with Crippen LogP contribution in [-0.2, 0) is 0 Å². The topological polar surface area (TPSA) is 82.0 Å². The van der Waals surface area contributed by atoms with Gasteiger partial charge in [0.1, 0.15) is 5.75 Å². The van der Waals surface area contributed by atoms with Crippen LogP contribution in [0.2, 0.25) is 10.0 Å². The van der Waals surface area contributed by atoms with E-state index in [0.717, 1.165) is 16.8 Å². The lowest BCUT2D eigenvalue weighted by atomic mass is 10.2. The normalized spacial score (nSPS) is 10.9. The lowest BCUT2D eigenvalue weighted by molar-refractivity contribution is 0.0728. The fourth-order valence-corrected chi connectivity index (χ4v) is 4.32. The zero-order valence-corrected chi connectivity index (χ0v) is 21.7. The predicted octanol–water partition coefficient (Wildman–Crippen LogP) is 7.19. The number of carbonyl (C=O) groups is 1. The zero-order chi connectivity index (χ0) is 25.5. The van der Waals surface area contributed by atoms with Crippen molar-refractivity contribution in [3.8, 4) is 28.5 Å². The van der Waals surface area contributed by atoms with E-state index in [4.69, 9.17) is 37.4 Å². The van der Waals surface area contributed by atoms with Gasteiger partial charge in [0.15, 0.2) is 11.5 Å². The summed E-state index contributed by atoms with van der Waals surface area (Å²) in [4.78, 5) is 17.1. The van der Waals surface area contributed by atoms with Crippen molar-refractivity contribution in [2.75, 3.05) is 19.1 Å². The number of aromatic nitrogens is 1. The molecule has 10 heteroatoms. The Balaban J connectivity index is 1.43. The summed E-state index contributed by atoms with van der Waals surface area (Å²) in [6.45, 7) is 2.26. The van der Waals surface area contributed by atoms with Gasteiger partial charge in [0.2, 0.25) is 5.13 Å². The number of hydrogen-bond donors (Lipinski definition) is 1. The number of halogens is 2. The molecule has 0 bridgehead atoms. The second kappa shape index (κ2) is 11.9. The molecule has 0 fully saturated rings. The van der Waals surface area contributed by atoms with Gasteiger partial charge < -0.3 is 14.2 Å². The van der Waals surface area contributed by atoms with E-state index in [0.29, 0.717) is 44.6 Å². The Morgan fingerprint density at radius 3 is 2.61 bits per heavy atom. The molecule has 1 heterocycles. The van der Waals surface area contributed by atoms with E-state index < -0.39 is 5.97 Å². The minimum atomic E-state index is -0.498. The van der Waals surface area contributed by atoms with E-state index in [1.165, 1.54) is 11.3 Å². The molecule has 0 atom stereocenters. The Labute approximate surface area is 222 Å². The number of ether oxygens (including phenoxy) is 3. The van der Waals surface area contributed by atoms with Crippen LogP contribution in [-0.4, -0.2) is 30.9 Å². The molecular weight excluding hydrogens is 521 g/mol. The Kier molecular flexibility index (Phi) is 8.43. The first-order chi connectivity index (χ1) is 17.5. The summed E-state index contributed by atoms with van der Waals surface area (Å²) in [7, 11) is 1.56. The van der Waals surface area contributed by atoms with Gasteiger partial charge in [-0.05, 0) is 73.2 Å². The van der Waals surface area contributed by atoms with Crippen molar-refractivity contribution < 1.29 is 19.0 Å². The summed E-state index contributed by atoms with van der Waals surface area (Å²) in [6, 6.07) is 17.1. The number of benzene rings is 3. The summed E-state index contributed by atoms with van der Waals surface area (Å²) in [5, 5.41) is 7.83. The molecule has 4 rings (SSSR count). The first-order valence-corrected chi connectivity index (χ1v) is 12.4. The molecule has 0 saturated carbocycles. The van der Waals surface area contributed by atoms with Gasteiger partial charge >= 0.3 is 5.97 Å². The molecule has 3 aromatic carbocycles. The van der Waals surface area contributed by atoms with Gasteiger partial charge in [-0.15, -0.1) is 11.3 Å². The Morgan fingerprint density at radius 1 is 1.08 bits per heavy atom. The van der Waals surface area contributed by atoms with E-state index in [-0.39, 0.29) is 0 Å². The SMILES string of the molecule is CCOc1cc(C=NNc2nc(-c3ccc(Cl)cc3Cl)cs2)ccc1OC(=O)c1ccc(OC)cc1. The fourth-order valence-electron chi connectivity index (χ4n) is 3.15. The molecule has 184 valence electrons. The highest BCUT2D eigenvalue weighted by Gasteiger charge is 2.14. The molecule has 0 aliphatic rings. The molecule has 1 aromatic heterocycles. The third-order valence-corrected chi connectivity index (χ3v) is 6.18. The largest absolute Gasteiger partial charge is 0.497 e. The van der Waals surface area contributed by atoms with Gasteiger partial charge in [0, 0.05) is 16.0 Å². The summed E-state index contributed by atoms with van der Waals surface area (Å²) >= 11 is 13.6. The van der Waals surface area contributed by atoms with Crippen LogP contribution in [0.3, 0.4) is 0 Å². The smallest absolute Gasteiger partial charge is 0.343 e. The molecule has 4 aromatic rings. The van der Waals surface area contributed by atoms with E-state index in [9.17, 15) is 4.79 Å². The molecule has 1 N–H and O–H groups in total. The number of anilines is 1. The number of nitrogens with zero attached hydrogens (tertiary/aromatic N) is 2. The van der Waals surface area contributed by atoms with Crippen LogP contribution in [0.25, 0.3) is 11.3 Å². The number of rotatable bonds is 9. The van der Waals surface area contributed by atoms with Crippen LogP contribution >= 0.6 is 34.5 Å². The number of methoxy groups -OCH3 is 1. The highest BCUT2D eigenvalue weighted by molar-refractivity contribution is 7.14. The van der Waals surface area contributed by atoms with Crippen LogP contribution in [0.15, 0.2) is 71.1 Å². The molecule has 7 nitrogen and oxygen atoms in total. The quantitative estimate of drug-likeness (QED) is 0.104. The Bertz CT molecular complexity index is 1390. The van der Waals surface area contributed by atoms with Crippen LogP contribution in [0.1, 0.15) is 22.8 Å². The van der Waals surface area contributed by atoms with Crippen LogP contribution < -0.4 is 19.6 Å². The van der Waals surface area contributed by atoms with Crippen molar-refractivity contribution in [2.24, 2.45) is 5.10 Å². The maximum Gasteiger partial charge on any atom is 0.343 e. The van der Waals surface area contributed by atoms with Crippen molar-refractivity contribution in [3.05, 3.63) is 87.2 Å². The van der Waals surface area contributed by atoms with Crippen molar-refractivity contribution in [2.45, 2.75) is 6.92 Å². The van der Waals surface area contributed by atoms with Gasteiger partial charge in [0.05, 0.1) is 36.2 Å². The maximum atomic E-state index is 12.6. The number of hydrazone groups is 1. The van der Waals surface area contributed by atoms with Crippen molar-refractivity contribution in [3.63, 3.8) is 0 Å². The highest BCUT2D eigenvalue weighted by atomic mass is 35.5. The lowest BCUT2D eigenvalue weighted by Gasteiger charge is -2.11. The maximum absolute atomic E-state index is 12.6. The van der Waals surface area contributed by atoms with Crippen LogP contribution in [0.5, 0.6) is 17.2 Å². The summed E-state index contributed by atoms with van der Waals surface area (Å²) < 4.78 is 16.4. The first-order valence-electron chi connectivity index (χ1n) is 10.8. The van der Waals surface area contributed by atoms with Gasteiger partial charge in [0.25, 0.3) is 0 Å². The minimum absolute atomic E-state index is 0.312. The third kappa shape index (κ3) is 6.34. The molecule has 0 spiro atoms. The van der Waals surface area contributed by atoms with E-state index >= 15 is 0 Å². The molecular formula is C26H21Cl2N3O4S. The second-order valence-corrected chi connectivity index (χ2v) is 8.99. The molecule has 0 aliphatic carbocycles. The van der Waals surface area contributed by atoms with E-state index in [2.05, 4.69) is 15.5 Å². The fraction of sp³-hybridized carbons (Fsp3) is 0.115. The second-order valence-electron chi connectivity index (χ2n) is 7.29. The van der Waals surface area contributed by atoms with Crippen LogP contribution in [0, 0.1) is 0 Å².